The minimum Gasteiger partial charge on any atom is -0.493 e. The summed E-state index contributed by atoms with van der Waals surface area (Å²) in [5.74, 6) is 1.12. The highest BCUT2D eigenvalue weighted by Crippen LogP contribution is 2.24. The second-order valence-corrected chi connectivity index (χ2v) is 7.27. The van der Waals surface area contributed by atoms with Gasteiger partial charge in [0.2, 0.25) is 0 Å². The molecule has 1 aliphatic rings. The van der Waals surface area contributed by atoms with E-state index in [4.69, 9.17) is 14.6 Å². The van der Waals surface area contributed by atoms with Crippen LogP contribution in [0.15, 0.2) is 18.2 Å². The molecule has 27 heavy (non-hydrogen) atoms. The van der Waals surface area contributed by atoms with Gasteiger partial charge in [-0.05, 0) is 24.0 Å². The summed E-state index contributed by atoms with van der Waals surface area (Å²) in [6.45, 7) is 7.99. The van der Waals surface area contributed by atoms with Gasteiger partial charge >= 0.3 is 12.1 Å². The number of esters is 1. The van der Waals surface area contributed by atoms with Crippen LogP contribution in [0.3, 0.4) is 0 Å². The Bertz CT molecular complexity index is 639. The number of ether oxygens (including phenoxy) is 2. The minimum absolute atomic E-state index is 0.225. The van der Waals surface area contributed by atoms with Crippen LogP contribution in [0.1, 0.15) is 31.4 Å². The molecule has 1 aromatic carbocycles. The Balaban J connectivity index is 2.07. The lowest BCUT2D eigenvalue weighted by atomic mass is 10.1. The fraction of sp³-hybridized carbons (Fsp3) is 0.600. The van der Waals surface area contributed by atoms with Crippen LogP contribution in [0.2, 0.25) is 0 Å². The maximum absolute atomic E-state index is 11.6. The fourth-order valence-electron chi connectivity index (χ4n) is 2.99. The van der Waals surface area contributed by atoms with E-state index in [1.165, 1.54) is 12.0 Å². The molecule has 1 aromatic rings. The van der Waals surface area contributed by atoms with Crippen molar-refractivity contribution in [2.45, 2.75) is 33.2 Å². The number of nitrogens with zero attached hydrogens (tertiary/aromatic N) is 2. The SMILES string of the molecule is COC(=O)Cc1ccc(OCCC(C)C)c(CN2CCN(C(=O)O)CC2)c1. The van der Waals surface area contributed by atoms with Gasteiger partial charge in [0.1, 0.15) is 5.75 Å². The van der Waals surface area contributed by atoms with Crippen molar-refractivity contribution < 1.29 is 24.2 Å². The molecule has 0 spiro atoms. The number of rotatable bonds is 8. The smallest absolute Gasteiger partial charge is 0.407 e. The number of methoxy groups -OCH3 is 1. The number of hydrogen-bond donors (Lipinski definition) is 1. The van der Waals surface area contributed by atoms with E-state index in [-0.39, 0.29) is 12.4 Å². The van der Waals surface area contributed by atoms with Gasteiger partial charge in [-0.15, -0.1) is 0 Å². The topological polar surface area (TPSA) is 79.3 Å². The van der Waals surface area contributed by atoms with Gasteiger partial charge in [0.15, 0.2) is 0 Å². The maximum atomic E-state index is 11.6. The molecule has 1 fully saturated rings. The molecule has 0 unspecified atom stereocenters. The summed E-state index contributed by atoms with van der Waals surface area (Å²) in [6, 6.07) is 5.81. The lowest BCUT2D eigenvalue weighted by Crippen LogP contribution is -2.47. The van der Waals surface area contributed by atoms with E-state index in [2.05, 4.69) is 18.7 Å². The van der Waals surface area contributed by atoms with Gasteiger partial charge < -0.3 is 19.5 Å². The van der Waals surface area contributed by atoms with Crippen LogP contribution in [0.4, 0.5) is 4.79 Å². The van der Waals surface area contributed by atoms with Crippen molar-refractivity contribution >= 4 is 12.1 Å². The van der Waals surface area contributed by atoms with E-state index in [0.717, 1.165) is 23.3 Å². The summed E-state index contributed by atoms with van der Waals surface area (Å²) in [6.07, 6.45) is 0.330. The Morgan fingerprint density at radius 2 is 1.89 bits per heavy atom. The van der Waals surface area contributed by atoms with Gasteiger partial charge in [0, 0.05) is 38.3 Å². The maximum Gasteiger partial charge on any atom is 0.407 e. The zero-order valence-electron chi connectivity index (χ0n) is 16.4. The third-order valence-corrected chi connectivity index (χ3v) is 4.69. The third kappa shape index (κ3) is 6.75. The van der Waals surface area contributed by atoms with Crippen molar-refractivity contribution in [2.24, 2.45) is 5.92 Å². The molecule has 0 aromatic heterocycles. The van der Waals surface area contributed by atoms with Gasteiger partial charge in [-0.2, -0.15) is 0 Å². The first-order chi connectivity index (χ1) is 12.9. The Labute approximate surface area is 160 Å². The first-order valence-corrected chi connectivity index (χ1v) is 9.40. The second-order valence-electron chi connectivity index (χ2n) is 7.27. The van der Waals surface area contributed by atoms with Crippen LogP contribution in [0.25, 0.3) is 0 Å². The number of piperazine rings is 1. The second kappa shape index (κ2) is 10.2. The molecule has 1 saturated heterocycles. The summed E-state index contributed by atoms with van der Waals surface area (Å²) in [4.78, 5) is 26.3. The number of carboxylic acid groups (broad SMARTS) is 1. The monoisotopic (exact) mass is 378 g/mol. The van der Waals surface area contributed by atoms with Crippen molar-refractivity contribution in [1.29, 1.82) is 0 Å². The van der Waals surface area contributed by atoms with Crippen molar-refractivity contribution in [3.05, 3.63) is 29.3 Å². The number of amides is 1. The van der Waals surface area contributed by atoms with Gasteiger partial charge in [-0.3, -0.25) is 9.69 Å². The van der Waals surface area contributed by atoms with Crippen molar-refractivity contribution in [1.82, 2.24) is 9.80 Å². The number of carbonyl (C=O) groups is 2. The number of hydrogen-bond acceptors (Lipinski definition) is 5. The first-order valence-electron chi connectivity index (χ1n) is 9.40. The largest absolute Gasteiger partial charge is 0.493 e. The van der Waals surface area contributed by atoms with Crippen LogP contribution in [0, 0.1) is 5.92 Å². The lowest BCUT2D eigenvalue weighted by molar-refractivity contribution is -0.139. The Kier molecular flexibility index (Phi) is 7.91. The predicted molar refractivity (Wildman–Crippen MR) is 102 cm³/mol. The minimum atomic E-state index is -0.868. The van der Waals surface area contributed by atoms with Crippen molar-refractivity contribution in [3.8, 4) is 5.75 Å². The summed E-state index contributed by atoms with van der Waals surface area (Å²) in [5, 5.41) is 9.09. The summed E-state index contributed by atoms with van der Waals surface area (Å²) in [5.41, 5.74) is 1.90. The Hall–Kier alpha value is -2.28. The molecular weight excluding hydrogens is 348 g/mol. The Morgan fingerprint density at radius 3 is 2.48 bits per heavy atom. The van der Waals surface area contributed by atoms with E-state index in [0.29, 0.717) is 45.2 Å². The average molecular weight is 378 g/mol. The fourth-order valence-corrected chi connectivity index (χ4v) is 2.99. The molecular formula is C20H30N2O5. The molecule has 0 radical (unpaired) electrons. The lowest BCUT2D eigenvalue weighted by Gasteiger charge is -2.33. The molecule has 0 bridgehead atoms. The van der Waals surface area contributed by atoms with Gasteiger partial charge in [0.25, 0.3) is 0 Å². The van der Waals surface area contributed by atoms with Crippen LogP contribution in [-0.4, -0.2) is 66.9 Å². The molecule has 7 heteroatoms. The standard InChI is InChI=1S/C20H30N2O5/c1-15(2)6-11-27-18-5-4-16(13-19(23)26-3)12-17(18)14-21-7-9-22(10-8-21)20(24)25/h4-5,12,15H,6-11,13-14H2,1-3H3,(H,24,25). The molecule has 150 valence electrons. The molecule has 1 N–H and O–H groups in total. The number of benzene rings is 1. The van der Waals surface area contributed by atoms with Crippen molar-refractivity contribution in [3.63, 3.8) is 0 Å². The normalized spacial score (nSPS) is 15.0. The van der Waals surface area contributed by atoms with Crippen molar-refractivity contribution in [2.75, 3.05) is 39.9 Å². The molecule has 1 amide bonds. The molecule has 1 heterocycles. The quantitative estimate of drug-likeness (QED) is 0.701. The van der Waals surface area contributed by atoms with E-state index in [1.54, 1.807) is 0 Å². The Morgan fingerprint density at radius 1 is 1.19 bits per heavy atom. The van der Waals surface area contributed by atoms with Crippen LogP contribution >= 0.6 is 0 Å². The molecule has 0 aliphatic carbocycles. The van der Waals surface area contributed by atoms with Gasteiger partial charge in [-0.1, -0.05) is 26.0 Å². The highest BCUT2D eigenvalue weighted by Gasteiger charge is 2.21. The first kappa shape index (κ1) is 21.0. The summed E-state index contributed by atoms with van der Waals surface area (Å²) in [7, 11) is 1.38. The van der Waals surface area contributed by atoms with Gasteiger partial charge in [0.05, 0.1) is 20.1 Å². The van der Waals surface area contributed by atoms with E-state index < -0.39 is 6.09 Å². The van der Waals surface area contributed by atoms with Gasteiger partial charge in [-0.25, -0.2) is 4.79 Å². The van der Waals surface area contributed by atoms with Crippen LogP contribution < -0.4 is 4.74 Å². The third-order valence-electron chi connectivity index (χ3n) is 4.69. The molecule has 1 aliphatic heterocycles. The highest BCUT2D eigenvalue weighted by molar-refractivity contribution is 5.72. The zero-order chi connectivity index (χ0) is 19.8. The molecule has 7 nitrogen and oxygen atoms in total. The summed E-state index contributed by atoms with van der Waals surface area (Å²) >= 11 is 0. The average Bonchev–Trinajstić information content (AvgIpc) is 2.63. The highest BCUT2D eigenvalue weighted by atomic mass is 16.5. The molecule has 0 saturated carbocycles. The predicted octanol–water partition coefficient (Wildman–Crippen LogP) is 2.62. The number of carbonyl (C=O) groups excluding carboxylic acids is 1. The van der Waals surface area contributed by atoms with Crippen LogP contribution in [-0.2, 0) is 22.5 Å². The summed E-state index contributed by atoms with van der Waals surface area (Å²) < 4.78 is 10.7. The van der Waals surface area contributed by atoms with E-state index in [9.17, 15) is 9.59 Å². The zero-order valence-corrected chi connectivity index (χ0v) is 16.4. The molecule has 2 rings (SSSR count). The van der Waals surface area contributed by atoms with E-state index in [1.807, 2.05) is 18.2 Å². The van der Waals surface area contributed by atoms with Crippen LogP contribution in [0.5, 0.6) is 5.75 Å². The van der Waals surface area contributed by atoms with E-state index >= 15 is 0 Å². The molecule has 0 atom stereocenters.